The van der Waals surface area contributed by atoms with Gasteiger partial charge in [-0.1, -0.05) is 12.8 Å². The normalized spacial score (nSPS) is 26.8. The first kappa shape index (κ1) is 15.1. The van der Waals surface area contributed by atoms with Gasteiger partial charge in [-0.2, -0.15) is 13.2 Å². The van der Waals surface area contributed by atoms with Gasteiger partial charge in [0, 0.05) is 19.0 Å². The monoisotopic (exact) mass is 292 g/mol. The molecule has 2 fully saturated rings. The Morgan fingerprint density at radius 3 is 2.45 bits per heavy atom. The summed E-state index contributed by atoms with van der Waals surface area (Å²) >= 11 is 0. The van der Waals surface area contributed by atoms with Gasteiger partial charge in [0.05, 0.1) is 6.42 Å². The van der Waals surface area contributed by atoms with Crippen LogP contribution in [0.3, 0.4) is 0 Å². The topological polar surface area (TPSA) is 49.4 Å². The average Bonchev–Trinajstić information content (AvgIpc) is 2.73. The van der Waals surface area contributed by atoms with Gasteiger partial charge in [0.15, 0.2) is 0 Å². The number of carbonyl (C=O) groups excluding carboxylic acids is 2. The maximum atomic E-state index is 12.6. The lowest BCUT2D eigenvalue weighted by molar-refractivity contribution is -0.150. The van der Waals surface area contributed by atoms with E-state index in [4.69, 9.17) is 0 Å². The van der Waals surface area contributed by atoms with E-state index < -0.39 is 24.2 Å². The van der Waals surface area contributed by atoms with Gasteiger partial charge in [0.2, 0.25) is 11.8 Å². The van der Waals surface area contributed by atoms with Gasteiger partial charge in [0.1, 0.15) is 5.54 Å². The average molecular weight is 292 g/mol. The lowest BCUT2D eigenvalue weighted by Crippen LogP contribution is -2.56. The first-order chi connectivity index (χ1) is 9.23. The highest BCUT2D eigenvalue weighted by Crippen LogP contribution is 2.34. The van der Waals surface area contributed by atoms with Crippen LogP contribution in [0.5, 0.6) is 0 Å². The van der Waals surface area contributed by atoms with Crippen LogP contribution in [0.15, 0.2) is 0 Å². The molecule has 2 aliphatic rings. The number of amides is 2. The smallest absolute Gasteiger partial charge is 0.342 e. The molecule has 1 saturated heterocycles. The molecule has 2 amide bonds. The highest BCUT2D eigenvalue weighted by Gasteiger charge is 2.48. The summed E-state index contributed by atoms with van der Waals surface area (Å²) in [5, 5.41) is 2.75. The van der Waals surface area contributed by atoms with E-state index in [1.807, 2.05) is 0 Å². The Hall–Kier alpha value is -1.27. The fourth-order valence-electron chi connectivity index (χ4n) is 3.11. The van der Waals surface area contributed by atoms with Crippen LogP contribution in [0, 0.1) is 0 Å². The van der Waals surface area contributed by atoms with Crippen molar-refractivity contribution < 1.29 is 22.8 Å². The predicted octanol–water partition coefficient (Wildman–Crippen LogP) is 1.99. The minimum atomic E-state index is -4.30. The zero-order valence-electron chi connectivity index (χ0n) is 11.4. The summed E-state index contributed by atoms with van der Waals surface area (Å²) in [6.07, 6.45) is -2.61. The highest BCUT2D eigenvalue weighted by atomic mass is 19.4. The summed E-state index contributed by atoms with van der Waals surface area (Å²) in [6.45, 7) is 1.25. The predicted molar refractivity (Wildman–Crippen MR) is 65.8 cm³/mol. The van der Waals surface area contributed by atoms with Gasteiger partial charge in [-0.25, -0.2) is 0 Å². The highest BCUT2D eigenvalue weighted by molar-refractivity contribution is 5.94. The molecule has 0 radical (unpaired) electrons. The molecule has 20 heavy (non-hydrogen) atoms. The van der Waals surface area contributed by atoms with E-state index in [9.17, 15) is 22.8 Å². The number of hydrogen-bond acceptors (Lipinski definition) is 2. The second-order valence-electron chi connectivity index (χ2n) is 5.75. The molecule has 4 nitrogen and oxygen atoms in total. The molecule has 114 valence electrons. The maximum absolute atomic E-state index is 12.6. The van der Waals surface area contributed by atoms with Crippen LogP contribution in [0.25, 0.3) is 0 Å². The minimum Gasteiger partial charge on any atom is -0.342 e. The fourth-order valence-corrected chi connectivity index (χ4v) is 3.11. The number of alkyl halides is 3. The van der Waals surface area contributed by atoms with Crippen molar-refractivity contribution in [1.82, 2.24) is 10.2 Å². The van der Waals surface area contributed by atoms with Crippen molar-refractivity contribution in [3.05, 3.63) is 0 Å². The van der Waals surface area contributed by atoms with E-state index in [0.29, 0.717) is 12.8 Å². The molecule has 0 aromatic rings. The summed E-state index contributed by atoms with van der Waals surface area (Å²) in [7, 11) is 0. The number of halogens is 3. The number of rotatable bonds is 2. The SMILES string of the molecule is CC1CC(=O)NC2(CCCC2)C(=O)N1CCC(F)(F)F. The molecule has 1 spiro atoms. The van der Waals surface area contributed by atoms with E-state index in [-0.39, 0.29) is 24.8 Å². The van der Waals surface area contributed by atoms with Crippen LogP contribution in [-0.4, -0.2) is 41.0 Å². The standard InChI is InChI=1S/C13H19F3N2O2/c1-9-8-10(19)17-12(4-2-3-5-12)11(20)18(9)7-6-13(14,15)16/h9H,2-8H2,1H3,(H,17,19). The van der Waals surface area contributed by atoms with Gasteiger partial charge in [-0.05, 0) is 19.8 Å². The third-order valence-corrected chi connectivity index (χ3v) is 4.16. The lowest BCUT2D eigenvalue weighted by atomic mass is 9.95. The molecule has 0 aromatic carbocycles. The molecule has 1 atom stereocenters. The van der Waals surface area contributed by atoms with E-state index in [0.717, 1.165) is 12.8 Å². The Balaban J connectivity index is 2.19. The molecule has 1 N–H and O–H groups in total. The number of hydrogen-bond donors (Lipinski definition) is 1. The van der Waals surface area contributed by atoms with E-state index >= 15 is 0 Å². The van der Waals surface area contributed by atoms with Crippen molar-refractivity contribution in [3.8, 4) is 0 Å². The van der Waals surface area contributed by atoms with Gasteiger partial charge < -0.3 is 10.2 Å². The first-order valence-corrected chi connectivity index (χ1v) is 6.92. The molecule has 7 heteroatoms. The van der Waals surface area contributed by atoms with E-state index in [2.05, 4.69) is 5.32 Å². The maximum Gasteiger partial charge on any atom is 0.390 e. The number of nitrogens with one attached hydrogen (secondary N) is 1. The first-order valence-electron chi connectivity index (χ1n) is 6.92. The summed E-state index contributed by atoms with van der Waals surface area (Å²) in [6, 6.07) is -0.496. The Bertz CT molecular complexity index is 403. The van der Waals surface area contributed by atoms with E-state index in [1.165, 1.54) is 4.90 Å². The quantitative estimate of drug-likeness (QED) is 0.846. The summed E-state index contributed by atoms with van der Waals surface area (Å²) in [4.78, 5) is 25.7. The largest absolute Gasteiger partial charge is 0.390 e. The molecule has 2 rings (SSSR count). The van der Waals surface area contributed by atoms with Crippen molar-refractivity contribution in [2.45, 2.75) is 63.2 Å². The van der Waals surface area contributed by atoms with Gasteiger partial charge in [-0.3, -0.25) is 9.59 Å². The Morgan fingerprint density at radius 1 is 1.30 bits per heavy atom. The molecule has 0 aromatic heterocycles. The van der Waals surface area contributed by atoms with Crippen LogP contribution in [0.4, 0.5) is 13.2 Å². The Morgan fingerprint density at radius 2 is 1.90 bits per heavy atom. The van der Waals surface area contributed by atoms with Gasteiger partial charge >= 0.3 is 6.18 Å². The van der Waals surface area contributed by atoms with E-state index in [1.54, 1.807) is 6.92 Å². The lowest BCUT2D eigenvalue weighted by Gasteiger charge is -2.34. The van der Waals surface area contributed by atoms with Crippen LogP contribution in [-0.2, 0) is 9.59 Å². The zero-order valence-corrected chi connectivity index (χ0v) is 11.4. The zero-order chi connectivity index (χ0) is 15.0. The third kappa shape index (κ3) is 3.07. The van der Waals surface area contributed by atoms with Crippen molar-refractivity contribution >= 4 is 11.8 Å². The van der Waals surface area contributed by atoms with Crippen LogP contribution < -0.4 is 5.32 Å². The van der Waals surface area contributed by atoms with Crippen molar-refractivity contribution in [1.29, 1.82) is 0 Å². The Labute approximate surface area is 115 Å². The fraction of sp³-hybridized carbons (Fsp3) is 0.846. The molecule has 1 saturated carbocycles. The molecule has 0 bridgehead atoms. The third-order valence-electron chi connectivity index (χ3n) is 4.16. The summed E-state index contributed by atoms with van der Waals surface area (Å²) < 4.78 is 37.2. The molecule has 1 unspecified atom stereocenters. The second-order valence-corrected chi connectivity index (χ2v) is 5.75. The van der Waals surface area contributed by atoms with Crippen LogP contribution in [0.2, 0.25) is 0 Å². The molecular weight excluding hydrogens is 273 g/mol. The molecule has 1 aliphatic carbocycles. The van der Waals surface area contributed by atoms with Crippen molar-refractivity contribution in [2.75, 3.05) is 6.54 Å². The van der Waals surface area contributed by atoms with Gasteiger partial charge in [0.25, 0.3) is 0 Å². The molecule has 1 aliphatic heterocycles. The number of nitrogens with zero attached hydrogens (tertiary/aromatic N) is 1. The van der Waals surface area contributed by atoms with Gasteiger partial charge in [-0.15, -0.1) is 0 Å². The number of carbonyl (C=O) groups is 2. The minimum absolute atomic E-state index is 0.0609. The van der Waals surface area contributed by atoms with Crippen molar-refractivity contribution in [2.24, 2.45) is 0 Å². The molecular formula is C13H19F3N2O2. The Kier molecular flexibility index (Phi) is 3.97. The van der Waals surface area contributed by atoms with Crippen LogP contribution >= 0.6 is 0 Å². The second kappa shape index (κ2) is 5.26. The summed E-state index contributed by atoms with van der Waals surface area (Å²) in [5.41, 5.74) is -0.965. The molecule has 1 heterocycles. The van der Waals surface area contributed by atoms with Crippen molar-refractivity contribution in [3.63, 3.8) is 0 Å². The summed E-state index contributed by atoms with van der Waals surface area (Å²) in [5.74, 6) is -0.597. The van der Waals surface area contributed by atoms with Crippen LogP contribution in [0.1, 0.15) is 45.4 Å².